The fourth-order valence-electron chi connectivity index (χ4n) is 2.02. The van der Waals surface area contributed by atoms with Crippen LogP contribution >= 0.6 is 0 Å². The molecular weight excluding hydrogens is 242 g/mol. The topological polar surface area (TPSA) is 78.8 Å². The smallest absolute Gasteiger partial charge is 0.222 e. The van der Waals surface area contributed by atoms with Crippen molar-refractivity contribution in [1.82, 2.24) is 19.7 Å². The van der Waals surface area contributed by atoms with Gasteiger partial charge >= 0.3 is 0 Å². The maximum absolute atomic E-state index is 5.86. The predicted molar refractivity (Wildman–Crippen MR) is 74.0 cm³/mol. The van der Waals surface area contributed by atoms with Crippen LogP contribution in [0.25, 0.3) is 11.4 Å². The lowest BCUT2D eigenvalue weighted by Crippen LogP contribution is -2.03. The number of nitrogen functional groups attached to an aromatic ring is 1. The molecular formula is C13H19N5O. The molecule has 2 heterocycles. The number of rotatable bonds is 3. The van der Waals surface area contributed by atoms with Crippen LogP contribution < -0.4 is 10.5 Å². The summed E-state index contributed by atoms with van der Waals surface area (Å²) in [7, 11) is 3.43. The van der Waals surface area contributed by atoms with Gasteiger partial charge in [-0.1, -0.05) is 13.8 Å². The van der Waals surface area contributed by atoms with Crippen molar-refractivity contribution in [3.8, 4) is 17.3 Å². The third kappa shape index (κ3) is 2.38. The van der Waals surface area contributed by atoms with E-state index in [4.69, 9.17) is 10.5 Å². The summed E-state index contributed by atoms with van der Waals surface area (Å²) in [6.07, 6.45) is 0. The Morgan fingerprint density at radius 1 is 1.32 bits per heavy atom. The van der Waals surface area contributed by atoms with Gasteiger partial charge < -0.3 is 10.5 Å². The Hall–Kier alpha value is -2.11. The average Bonchev–Trinajstić information content (AvgIpc) is 2.62. The van der Waals surface area contributed by atoms with Crippen LogP contribution in [0.5, 0.6) is 5.88 Å². The Kier molecular flexibility index (Phi) is 3.42. The van der Waals surface area contributed by atoms with Gasteiger partial charge in [0.1, 0.15) is 11.4 Å². The molecule has 0 aromatic carbocycles. The highest BCUT2D eigenvalue weighted by molar-refractivity contribution is 5.66. The van der Waals surface area contributed by atoms with Crippen LogP contribution in [0, 0.1) is 6.92 Å². The number of nitrogens with zero attached hydrogens (tertiary/aromatic N) is 4. The van der Waals surface area contributed by atoms with Crippen molar-refractivity contribution in [1.29, 1.82) is 0 Å². The molecule has 6 heteroatoms. The highest BCUT2D eigenvalue weighted by Gasteiger charge is 2.19. The molecule has 0 atom stereocenters. The molecule has 0 aliphatic heterocycles. The SMILES string of the molecule is COc1c(-c2nc(N)cc(C(C)C)n2)c(C)nn1C. The van der Waals surface area contributed by atoms with Crippen molar-refractivity contribution < 1.29 is 4.74 Å². The normalized spacial score (nSPS) is 11.1. The second-order valence-electron chi connectivity index (χ2n) is 4.79. The maximum atomic E-state index is 5.86. The predicted octanol–water partition coefficient (Wildman–Crippen LogP) is 1.90. The number of nitrogens with two attached hydrogens (primary N) is 1. The molecule has 0 aliphatic rings. The zero-order valence-electron chi connectivity index (χ0n) is 11.9. The minimum absolute atomic E-state index is 0.284. The quantitative estimate of drug-likeness (QED) is 0.912. The third-order valence-corrected chi connectivity index (χ3v) is 2.94. The van der Waals surface area contributed by atoms with E-state index in [0.717, 1.165) is 17.0 Å². The summed E-state index contributed by atoms with van der Waals surface area (Å²) in [5.41, 5.74) is 8.38. The number of aromatic nitrogens is 4. The summed E-state index contributed by atoms with van der Waals surface area (Å²) in [6.45, 7) is 6.04. The molecule has 0 amide bonds. The van der Waals surface area contributed by atoms with Crippen molar-refractivity contribution >= 4 is 5.82 Å². The highest BCUT2D eigenvalue weighted by atomic mass is 16.5. The number of hydrogen-bond acceptors (Lipinski definition) is 5. The minimum atomic E-state index is 0.284. The van der Waals surface area contributed by atoms with Gasteiger partial charge in [-0.15, -0.1) is 0 Å². The van der Waals surface area contributed by atoms with E-state index in [1.807, 2.05) is 14.0 Å². The van der Waals surface area contributed by atoms with Gasteiger partial charge in [-0.05, 0) is 12.8 Å². The molecule has 2 rings (SSSR count). The number of hydrogen-bond donors (Lipinski definition) is 1. The van der Waals surface area contributed by atoms with E-state index in [0.29, 0.717) is 17.5 Å². The van der Waals surface area contributed by atoms with Gasteiger partial charge in [0.15, 0.2) is 5.82 Å². The minimum Gasteiger partial charge on any atom is -0.481 e. The first kappa shape index (κ1) is 13.3. The molecule has 0 fully saturated rings. The van der Waals surface area contributed by atoms with Crippen molar-refractivity contribution in [3.05, 3.63) is 17.5 Å². The fraction of sp³-hybridized carbons (Fsp3) is 0.462. The molecule has 102 valence electrons. The molecule has 0 radical (unpaired) electrons. The van der Waals surface area contributed by atoms with Crippen LogP contribution in [0.4, 0.5) is 5.82 Å². The van der Waals surface area contributed by atoms with E-state index >= 15 is 0 Å². The Balaban J connectivity index is 2.65. The lowest BCUT2D eigenvalue weighted by atomic mass is 10.1. The monoisotopic (exact) mass is 261 g/mol. The Morgan fingerprint density at radius 2 is 2.00 bits per heavy atom. The van der Waals surface area contributed by atoms with Crippen molar-refractivity contribution in [3.63, 3.8) is 0 Å². The standard InChI is InChI=1S/C13H19N5O/c1-7(2)9-6-10(14)16-12(15-9)11-8(3)17-18(4)13(11)19-5/h6-7H,1-5H3,(H2,14,15,16). The molecule has 0 spiro atoms. The van der Waals surface area contributed by atoms with Gasteiger partial charge in [-0.25, -0.2) is 14.6 Å². The van der Waals surface area contributed by atoms with E-state index < -0.39 is 0 Å². The Bertz CT molecular complexity index is 603. The van der Waals surface area contributed by atoms with E-state index in [1.54, 1.807) is 17.9 Å². The van der Waals surface area contributed by atoms with Crippen molar-refractivity contribution in [2.24, 2.45) is 7.05 Å². The Labute approximate surface area is 112 Å². The highest BCUT2D eigenvalue weighted by Crippen LogP contribution is 2.31. The molecule has 0 bridgehead atoms. The summed E-state index contributed by atoms with van der Waals surface area (Å²) in [4.78, 5) is 8.86. The molecule has 2 aromatic rings. The first-order valence-corrected chi connectivity index (χ1v) is 6.16. The lowest BCUT2D eigenvalue weighted by Gasteiger charge is -2.09. The fourth-order valence-corrected chi connectivity index (χ4v) is 2.02. The second kappa shape index (κ2) is 4.87. The summed E-state index contributed by atoms with van der Waals surface area (Å²) in [5.74, 6) is 1.94. The van der Waals surface area contributed by atoms with Crippen LogP contribution in [0.1, 0.15) is 31.2 Å². The number of aryl methyl sites for hydroxylation is 2. The average molecular weight is 261 g/mol. The molecule has 6 nitrogen and oxygen atoms in total. The van der Waals surface area contributed by atoms with Crippen molar-refractivity contribution in [2.45, 2.75) is 26.7 Å². The lowest BCUT2D eigenvalue weighted by molar-refractivity contribution is 0.374. The number of anilines is 1. The second-order valence-corrected chi connectivity index (χ2v) is 4.79. The van der Waals surface area contributed by atoms with E-state index in [1.165, 1.54) is 0 Å². The first-order valence-electron chi connectivity index (χ1n) is 6.16. The van der Waals surface area contributed by atoms with Crippen LogP contribution in [-0.2, 0) is 7.05 Å². The molecule has 0 saturated carbocycles. The first-order chi connectivity index (χ1) is 8.93. The van der Waals surface area contributed by atoms with Gasteiger partial charge in [0.05, 0.1) is 12.8 Å². The molecule has 0 unspecified atom stereocenters. The van der Waals surface area contributed by atoms with Gasteiger partial charge in [-0.3, -0.25) is 0 Å². The van der Waals surface area contributed by atoms with Crippen molar-refractivity contribution in [2.75, 3.05) is 12.8 Å². The zero-order chi connectivity index (χ0) is 14.2. The summed E-state index contributed by atoms with van der Waals surface area (Å²) >= 11 is 0. The van der Waals surface area contributed by atoms with Gasteiger partial charge in [0.2, 0.25) is 5.88 Å². The summed E-state index contributed by atoms with van der Waals surface area (Å²) in [6, 6.07) is 1.80. The van der Waals surface area contributed by atoms with E-state index in [-0.39, 0.29) is 5.92 Å². The molecule has 2 N–H and O–H groups in total. The van der Waals surface area contributed by atoms with Crippen LogP contribution in [0.15, 0.2) is 6.07 Å². The summed E-state index contributed by atoms with van der Waals surface area (Å²) < 4.78 is 7.04. The zero-order valence-corrected chi connectivity index (χ0v) is 11.9. The molecule has 19 heavy (non-hydrogen) atoms. The van der Waals surface area contributed by atoms with Crippen LogP contribution in [-0.4, -0.2) is 26.9 Å². The van der Waals surface area contributed by atoms with Crippen LogP contribution in [0.3, 0.4) is 0 Å². The maximum Gasteiger partial charge on any atom is 0.222 e. The Morgan fingerprint density at radius 3 is 2.58 bits per heavy atom. The number of ether oxygens (including phenoxy) is 1. The van der Waals surface area contributed by atoms with Crippen LogP contribution in [0.2, 0.25) is 0 Å². The third-order valence-electron chi connectivity index (χ3n) is 2.94. The summed E-state index contributed by atoms with van der Waals surface area (Å²) in [5, 5.41) is 4.33. The molecule has 0 saturated heterocycles. The molecule has 0 aliphatic carbocycles. The largest absolute Gasteiger partial charge is 0.481 e. The van der Waals surface area contributed by atoms with Gasteiger partial charge in [-0.2, -0.15) is 5.10 Å². The van der Waals surface area contributed by atoms with E-state index in [2.05, 4.69) is 28.9 Å². The number of methoxy groups -OCH3 is 1. The van der Waals surface area contributed by atoms with Gasteiger partial charge in [0.25, 0.3) is 0 Å². The van der Waals surface area contributed by atoms with Gasteiger partial charge in [0, 0.05) is 18.8 Å². The van der Waals surface area contributed by atoms with E-state index in [9.17, 15) is 0 Å². The molecule has 2 aromatic heterocycles.